The largest absolute Gasteiger partial charge is 0.480 e. The number of nitrogens with two attached hydrogens (primary N) is 1. The highest BCUT2D eigenvalue weighted by Gasteiger charge is 2.32. The van der Waals surface area contributed by atoms with Crippen LogP contribution in [0.1, 0.15) is 111 Å². The summed E-state index contributed by atoms with van der Waals surface area (Å²) in [6.07, 6.45) is 4.90. The molecular weight excluding hydrogens is 490 g/mol. The Balaban J connectivity index is 3.29. The quantitative estimate of drug-likeness (QED) is 0.159. The zero-order chi connectivity index (χ0) is 28.9. The van der Waals surface area contributed by atoms with Gasteiger partial charge in [-0.2, -0.15) is 0 Å². The number of carboxylic acid groups (broad SMARTS) is 1. The van der Waals surface area contributed by atoms with Gasteiger partial charge in [0, 0.05) is 18.8 Å². The SMILES string of the molecule is CCCCCC(=O)Oc1ccc(C(CC(C)OC(=O)C(C)(C)C)[C@H](N)C(=O)O)cc1OC(=O)CCCCC. The molecule has 0 bridgehead atoms. The van der Waals surface area contributed by atoms with E-state index in [4.69, 9.17) is 19.9 Å². The van der Waals surface area contributed by atoms with Gasteiger partial charge in [-0.25, -0.2) is 0 Å². The zero-order valence-corrected chi connectivity index (χ0v) is 23.7. The predicted molar refractivity (Wildman–Crippen MR) is 144 cm³/mol. The van der Waals surface area contributed by atoms with E-state index in [1.165, 1.54) is 12.1 Å². The second-order valence-electron chi connectivity index (χ2n) is 10.7. The molecule has 38 heavy (non-hydrogen) atoms. The van der Waals surface area contributed by atoms with Crippen LogP contribution >= 0.6 is 0 Å². The summed E-state index contributed by atoms with van der Waals surface area (Å²) in [6, 6.07) is 3.24. The Labute approximate surface area is 226 Å². The number of aliphatic carboxylic acids is 1. The fourth-order valence-corrected chi connectivity index (χ4v) is 3.73. The van der Waals surface area contributed by atoms with E-state index in [9.17, 15) is 24.3 Å². The molecule has 0 radical (unpaired) electrons. The molecular formula is C29H45NO8. The van der Waals surface area contributed by atoms with Crippen molar-refractivity contribution in [3.05, 3.63) is 23.8 Å². The molecule has 3 atom stereocenters. The Bertz CT molecular complexity index is 937. The Morgan fingerprint density at radius 3 is 1.89 bits per heavy atom. The first-order valence-corrected chi connectivity index (χ1v) is 13.5. The Kier molecular flexibility index (Phi) is 14.0. The number of unbranched alkanes of at least 4 members (excludes halogenated alkanes) is 4. The molecule has 0 fully saturated rings. The smallest absolute Gasteiger partial charge is 0.321 e. The van der Waals surface area contributed by atoms with E-state index in [-0.39, 0.29) is 30.8 Å². The maximum absolute atomic E-state index is 12.5. The first kappa shape index (κ1) is 33.1. The van der Waals surface area contributed by atoms with E-state index >= 15 is 0 Å². The third-order valence-electron chi connectivity index (χ3n) is 6.04. The molecule has 1 aromatic carbocycles. The average Bonchev–Trinajstić information content (AvgIpc) is 2.83. The van der Waals surface area contributed by atoms with Crippen molar-refractivity contribution in [2.45, 2.75) is 117 Å². The van der Waals surface area contributed by atoms with E-state index in [1.807, 2.05) is 13.8 Å². The third-order valence-corrected chi connectivity index (χ3v) is 6.04. The van der Waals surface area contributed by atoms with Crippen LogP contribution in [0.15, 0.2) is 18.2 Å². The molecule has 1 aromatic rings. The van der Waals surface area contributed by atoms with Crippen LogP contribution in [0.2, 0.25) is 0 Å². The molecule has 0 heterocycles. The van der Waals surface area contributed by atoms with Gasteiger partial charge in [0.1, 0.15) is 6.04 Å². The Hall–Kier alpha value is -2.94. The first-order chi connectivity index (χ1) is 17.8. The zero-order valence-electron chi connectivity index (χ0n) is 23.7. The van der Waals surface area contributed by atoms with Gasteiger partial charge in [0.15, 0.2) is 11.5 Å². The lowest BCUT2D eigenvalue weighted by atomic mass is 9.86. The number of carbonyl (C=O) groups excluding carboxylic acids is 3. The first-order valence-electron chi connectivity index (χ1n) is 13.5. The summed E-state index contributed by atoms with van der Waals surface area (Å²) in [7, 11) is 0. The highest BCUT2D eigenvalue weighted by molar-refractivity contribution is 5.77. The third kappa shape index (κ3) is 11.6. The number of carbonyl (C=O) groups is 4. The summed E-state index contributed by atoms with van der Waals surface area (Å²) in [5.41, 5.74) is 5.78. The molecule has 0 amide bonds. The lowest BCUT2D eigenvalue weighted by Crippen LogP contribution is -2.39. The van der Waals surface area contributed by atoms with Crippen LogP contribution in [0.5, 0.6) is 11.5 Å². The normalized spacial score (nSPS) is 13.8. The molecule has 1 rings (SSSR count). The summed E-state index contributed by atoms with van der Waals surface area (Å²) in [6.45, 7) is 10.9. The highest BCUT2D eigenvalue weighted by Crippen LogP contribution is 2.35. The van der Waals surface area contributed by atoms with E-state index in [0.717, 1.165) is 25.7 Å². The molecule has 214 valence electrons. The lowest BCUT2D eigenvalue weighted by molar-refractivity contribution is -0.158. The molecule has 2 unspecified atom stereocenters. The van der Waals surface area contributed by atoms with Gasteiger partial charge in [0.05, 0.1) is 11.5 Å². The van der Waals surface area contributed by atoms with Gasteiger partial charge in [-0.05, 0) is 64.7 Å². The van der Waals surface area contributed by atoms with Gasteiger partial charge in [0.2, 0.25) is 0 Å². The van der Waals surface area contributed by atoms with Gasteiger partial charge in [-0.3, -0.25) is 19.2 Å². The topological polar surface area (TPSA) is 142 Å². The van der Waals surface area contributed by atoms with Gasteiger partial charge in [-0.15, -0.1) is 0 Å². The molecule has 0 spiro atoms. The monoisotopic (exact) mass is 535 g/mol. The van der Waals surface area contributed by atoms with Crippen LogP contribution in [-0.2, 0) is 23.9 Å². The van der Waals surface area contributed by atoms with Gasteiger partial charge in [-0.1, -0.05) is 45.6 Å². The summed E-state index contributed by atoms with van der Waals surface area (Å²) in [5, 5.41) is 9.66. The van der Waals surface area contributed by atoms with Crippen LogP contribution in [0.3, 0.4) is 0 Å². The van der Waals surface area contributed by atoms with Crippen molar-refractivity contribution in [1.82, 2.24) is 0 Å². The van der Waals surface area contributed by atoms with E-state index in [2.05, 4.69) is 0 Å². The summed E-state index contributed by atoms with van der Waals surface area (Å²) >= 11 is 0. The Morgan fingerprint density at radius 2 is 1.42 bits per heavy atom. The fraction of sp³-hybridized carbons (Fsp3) is 0.655. The number of hydrogen-bond donors (Lipinski definition) is 2. The van der Waals surface area contributed by atoms with E-state index < -0.39 is 47.4 Å². The molecule has 0 aromatic heterocycles. The number of rotatable bonds is 16. The minimum absolute atomic E-state index is 0.0229. The molecule has 0 aliphatic heterocycles. The fourth-order valence-electron chi connectivity index (χ4n) is 3.73. The van der Waals surface area contributed by atoms with Crippen molar-refractivity contribution in [3.63, 3.8) is 0 Å². The lowest BCUT2D eigenvalue weighted by Gasteiger charge is -2.27. The van der Waals surface area contributed by atoms with Crippen LogP contribution < -0.4 is 15.2 Å². The average molecular weight is 536 g/mol. The minimum atomic E-state index is -1.32. The molecule has 0 aliphatic carbocycles. The van der Waals surface area contributed by atoms with Crippen molar-refractivity contribution < 1.29 is 38.5 Å². The van der Waals surface area contributed by atoms with Gasteiger partial charge in [0.25, 0.3) is 0 Å². The van der Waals surface area contributed by atoms with Crippen LogP contribution in [-0.4, -0.2) is 41.1 Å². The molecule has 9 heteroatoms. The van der Waals surface area contributed by atoms with Crippen molar-refractivity contribution in [1.29, 1.82) is 0 Å². The summed E-state index contributed by atoms with van der Waals surface area (Å²) in [5.74, 6) is -3.25. The number of hydrogen-bond acceptors (Lipinski definition) is 8. The second kappa shape index (κ2) is 16.1. The maximum Gasteiger partial charge on any atom is 0.321 e. The summed E-state index contributed by atoms with van der Waals surface area (Å²) < 4.78 is 16.6. The van der Waals surface area contributed by atoms with Gasteiger partial charge >= 0.3 is 23.9 Å². The number of esters is 3. The van der Waals surface area contributed by atoms with Crippen LogP contribution in [0, 0.1) is 5.41 Å². The maximum atomic E-state index is 12.5. The highest BCUT2D eigenvalue weighted by atomic mass is 16.6. The summed E-state index contributed by atoms with van der Waals surface area (Å²) in [4.78, 5) is 49.1. The van der Waals surface area contributed by atoms with Crippen LogP contribution in [0.25, 0.3) is 0 Å². The number of carboxylic acids is 1. The molecule has 0 saturated carbocycles. The van der Waals surface area contributed by atoms with E-state index in [0.29, 0.717) is 18.4 Å². The van der Waals surface area contributed by atoms with E-state index in [1.54, 1.807) is 33.8 Å². The van der Waals surface area contributed by atoms with Crippen molar-refractivity contribution >= 4 is 23.9 Å². The molecule has 3 N–H and O–H groups in total. The molecule has 0 aliphatic rings. The molecule has 0 saturated heterocycles. The standard InChI is InChI=1S/C29H45NO8/c1-7-9-11-13-24(31)37-22-16-15-20(18-23(22)38-25(32)14-12-10-8-2)21(26(30)27(33)34)17-19(3)36-28(35)29(4,5)6/h15-16,18-19,21,26H,7-14,17,30H2,1-6H3,(H,33,34)/t19?,21?,26-/m0/s1. The van der Waals surface area contributed by atoms with Gasteiger partial charge < -0.3 is 25.1 Å². The predicted octanol–water partition coefficient (Wildman–Crippen LogP) is 5.52. The van der Waals surface area contributed by atoms with Crippen molar-refractivity contribution in [3.8, 4) is 11.5 Å². The van der Waals surface area contributed by atoms with Crippen LogP contribution in [0.4, 0.5) is 0 Å². The van der Waals surface area contributed by atoms with Crippen molar-refractivity contribution in [2.75, 3.05) is 0 Å². The molecule has 9 nitrogen and oxygen atoms in total. The second-order valence-corrected chi connectivity index (χ2v) is 10.7. The minimum Gasteiger partial charge on any atom is -0.480 e. The number of benzene rings is 1. The number of ether oxygens (including phenoxy) is 3. The van der Waals surface area contributed by atoms with Crippen molar-refractivity contribution in [2.24, 2.45) is 11.1 Å². The Morgan fingerprint density at radius 1 is 0.895 bits per heavy atom.